The van der Waals surface area contributed by atoms with Gasteiger partial charge < -0.3 is 10.4 Å². The third-order valence-corrected chi connectivity index (χ3v) is 3.12. The normalized spacial score (nSPS) is 12.0. The van der Waals surface area contributed by atoms with Crippen molar-refractivity contribution in [3.63, 3.8) is 0 Å². The summed E-state index contributed by atoms with van der Waals surface area (Å²) in [6.07, 6.45) is 4.26. The molecule has 116 valence electrons. The van der Waals surface area contributed by atoms with Gasteiger partial charge in [-0.2, -0.15) is 0 Å². The number of aliphatic hydroxyl groups excluding tert-OH is 1. The minimum absolute atomic E-state index is 0.112. The Bertz CT molecular complexity index is 638. The third kappa shape index (κ3) is 4.29. The zero-order chi connectivity index (χ0) is 15.9. The highest BCUT2D eigenvalue weighted by atomic mass is 19.1. The zero-order valence-corrected chi connectivity index (χ0v) is 11.7. The second-order valence-electron chi connectivity index (χ2n) is 4.79. The summed E-state index contributed by atoms with van der Waals surface area (Å²) in [4.78, 5) is 19.4. The van der Waals surface area contributed by atoms with Crippen LogP contribution in [0, 0.1) is 17.6 Å². The Morgan fingerprint density at radius 3 is 2.82 bits per heavy atom. The fourth-order valence-corrected chi connectivity index (χ4v) is 1.96. The predicted octanol–water partition coefficient (Wildman–Crippen LogP) is 1.34. The molecule has 2 N–H and O–H groups in total. The Morgan fingerprint density at radius 2 is 2.14 bits per heavy atom. The second kappa shape index (κ2) is 7.56. The van der Waals surface area contributed by atoms with Crippen molar-refractivity contribution in [3.8, 4) is 0 Å². The standard InChI is InChI=1S/C15H15F2N3O2/c16-12-1-2-13(17)11(6-12)5-10(9-21)7-20-15(22)14-8-18-3-4-19-14/h1-4,6,8,10,21H,5,7,9H2,(H,20,22)/t10-/m1/s1. The number of rotatable bonds is 6. The van der Waals surface area contributed by atoms with Crippen molar-refractivity contribution >= 4 is 5.91 Å². The molecule has 7 heteroatoms. The molecule has 2 rings (SSSR count). The van der Waals surface area contributed by atoms with E-state index >= 15 is 0 Å². The van der Waals surface area contributed by atoms with Gasteiger partial charge in [-0.1, -0.05) is 0 Å². The van der Waals surface area contributed by atoms with Gasteiger partial charge in [-0.25, -0.2) is 13.8 Å². The molecule has 1 amide bonds. The molecule has 2 aromatic rings. The van der Waals surface area contributed by atoms with Gasteiger partial charge in [0.15, 0.2) is 0 Å². The van der Waals surface area contributed by atoms with Gasteiger partial charge in [0, 0.05) is 31.5 Å². The van der Waals surface area contributed by atoms with E-state index in [0.717, 1.165) is 18.2 Å². The minimum atomic E-state index is -0.545. The number of carbonyl (C=O) groups excluding carboxylic acids is 1. The number of amides is 1. The maximum atomic E-state index is 13.6. The molecular weight excluding hydrogens is 292 g/mol. The van der Waals surface area contributed by atoms with Crippen molar-refractivity contribution in [2.75, 3.05) is 13.2 Å². The molecule has 0 bridgehead atoms. The minimum Gasteiger partial charge on any atom is -0.396 e. The largest absolute Gasteiger partial charge is 0.396 e. The number of hydrogen-bond acceptors (Lipinski definition) is 4. The summed E-state index contributed by atoms with van der Waals surface area (Å²) in [5, 5.41) is 11.9. The van der Waals surface area contributed by atoms with Crippen LogP contribution in [-0.4, -0.2) is 34.1 Å². The van der Waals surface area contributed by atoms with Crippen molar-refractivity contribution in [2.45, 2.75) is 6.42 Å². The highest BCUT2D eigenvalue weighted by Crippen LogP contribution is 2.14. The highest BCUT2D eigenvalue weighted by Gasteiger charge is 2.15. The van der Waals surface area contributed by atoms with Crippen LogP contribution in [0.2, 0.25) is 0 Å². The summed E-state index contributed by atoms with van der Waals surface area (Å²) in [5.41, 5.74) is 0.309. The van der Waals surface area contributed by atoms with Gasteiger partial charge in [0.25, 0.3) is 5.91 Å². The average Bonchev–Trinajstić information content (AvgIpc) is 2.55. The molecule has 1 atom stereocenters. The van der Waals surface area contributed by atoms with Crippen molar-refractivity contribution in [1.82, 2.24) is 15.3 Å². The first-order valence-corrected chi connectivity index (χ1v) is 6.69. The Hall–Kier alpha value is -2.41. The number of aliphatic hydroxyl groups is 1. The maximum absolute atomic E-state index is 13.6. The van der Waals surface area contributed by atoms with E-state index in [0.29, 0.717) is 0 Å². The van der Waals surface area contributed by atoms with Crippen LogP contribution in [0.25, 0.3) is 0 Å². The molecule has 0 spiro atoms. The van der Waals surface area contributed by atoms with Crippen LogP contribution >= 0.6 is 0 Å². The van der Waals surface area contributed by atoms with Crippen LogP contribution in [0.15, 0.2) is 36.8 Å². The van der Waals surface area contributed by atoms with E-state index < -0.39 is 23.5 Å². The van der Waals surface area contributed by atoms with Gasteiger partial charge in [0.05, 0.1) is 6.20 Å². The van der Waals surface area contributed by atoms with E-state index in [2.05, 4.69) is 15.3 Å². The van der Waals surface area contributed by atoms with Crippen LogP contribution in [0.1, 0.15) is 16.1 Å². The van der Waals surface area contributed by atoms with E-state index in [1.54, 1.807) is 0 Å². The topological polar surface area (TPSA) is 75.1 Å². The Balaban J connectivity index is 1.95. The summed E-state index contributed by atoms with van der Waals surface area (Å²) in [7, 11) is 0. The second-order valence-corrected chi connectivity index (χ2v) is 4.79. The van der Waals surface area contributed by atoms with E-state index in [1.165, 1.54) is 18.6 Å². The predicted molar refractivity (Wildman–Crippen MR) is 75.0 cm³/mol. The zero-order valence-electron chi connectivity index (χ0n) is 11.7. The molecule has 0 radical (unpaired) electrons. The number of halogens is 2. The van der Waals surface area contributed by atoms with Gasteiger partial charge in [-0.3, -0.25) is 9.78 Å². The fraction of sp³-hybridized carbons (Fsp3) is 0.267. The molecule has 0 aliphatic heterocycles. The number of nitrogens with zero attached hydrogens (tertiary/aromatic N) is 2. The van der Waals surface area contributed by atoms with Gasteiger partial charge in [0.1, 0.15) is 17.3 Å². The van der Waals surface area contributed by atoms with Crippen LogP contribution in [-0.2, 0) is 6.42 Å². The van der Waals surface area contributed by atoms with E-state index in [-0.39, 0.29) is 30.8 Å². The monoisotopic (exact) mass is 307 g/mol. The van der Waals surface area contributed by atoms with Gasteiger partial charge in [-0.15, -0.1) is 0 Å². The smallest absolute Gasteiger partial charge is 0.271 e. The Morgan fingerprint density at radius 1 is 1.32 bits per heavy atom. The van der Waals surface area contributed by atoms with Crippen LogP contribution in [0.3, 0.4) is 0 Å². The van der Waals surface area contributed by atoms with E-state index in [9.17, 15) is 18.7 Å². The summed E-state index contributed by atoms with van der Waals surface area (Å²) in [5.74, 6) is -1.96. The summed E-state index contributed by atoms with van der Waals surface area (Å²) in [6.45, 7) is -0.154. The highest BCUT2D eigenvalue weighted by molar-refractivity contribution is 5.91. The first kappa shape index (κ1) is 16.0. The maximum Gasteiger partial charge on any atom is 0.271 e. The molecular formula is C15H15F2N3O2. The molecule has 0 fully saturated rings. The van der Waals surface area contributed by atoms with Gasteiger partial charge >= 0.3 is 0 Å². The molecule has 0 saturated heterocycles. The molecule has 0 unspecified atom stereocenters. The molecule has 1 heterocycles. The quantitative estimate of drug-likeness (QED) is 0.844. The first-order valence-electron chi connectivity index (χ1n) is 6.69. The summed E-state index contributed by atoms with van der Waals surface area (Å²) >= 11 is 0. The molecule has 1 aromatic heterocycles. The number of carbonyl (C=O) groups is 1. The van der Waals surface area contributed by atoms with Crippen molar-refractivity contribution in [3.05, 3.63) is 59.7 Å². The van der Waals surface area contributed by atoms with Crippen LogP contribution in [0.5, 0.6) is 0 Å². The number of aromatic nitrogens is 2. The lowest BCUT2D eigenvalue weighted by Crippen LogP contribution is -2.32. The number of benzene rings is 1. The van der Waals surface area contributed by atoms with Crippen molar-refractivity contribution in [2.24, 2.45) is 5.92 Å². The molecule has 0 saturated carbocycles. The van der Waals surface area contributed by atoms with Crippen LogP contribution < -0.4 is 5.32 Å². The fourth-order valence-electron chi connectivity index (χ4n) is 1.96. The first-order chi connectivity index (χ1) is 10.6. The van der Waals surface area contributed by atoms with Crippen molar-refractivity contribution in [1.29, 1.82) is 0 Å². The SMILES string of the molecule is O=C(NC[C@H](CO)Cc1cc(F)ccc1F)c1cnccn1. The molecule has 22 heavy (non-hydrogen) atoms. The molecule has 0 aliphatic rings. The van der Waals surface area contributed by atoms with E-state index in [1.807, 2.05) is 0 Å². The lowest BCUT2D eigenvalue weighted by atomic mass is 9.99. The summed E-state index contributed by atoms with van der Waals surface area (Å²) < 4.78 is 26.7. The lowest BCUT2D eigenvalue weighted by molar-refractivity contribution is 0.0934. The van der Waals surface area contributed by atoms with Crippen molar-refractivity contribution < 1.29 is 18.7 Å². The van der Waals surface area contributed by atoms with Gasteiger partial charge in [0.2, 0.25) is 0 Å². The molecule has 0 aliphatic carbocycles. The van der Waals surface area contributed by atoms with E-state index in [4.69, 9.17) is 0 Å². The van der Waals surface area contributed by atoms with Crippen LogP contribution in [0.4, 0.5) is 8.78 Å². The number of hydrogen-bond donors (Lipinski definition) is 2. The Kier molecular flexibility index (Phi) is 5.48. The molecule has 1 aromatic carbocycles. The number of nitrogens with one attached hydrogen (secondary N) is 1. The summed E-state index contributed by atoms with van der Waals surface area (Å²) in [6, 6.07) is 3.16. The average molecular weight is 307 g/mol. The van der Waals surface area contributed by atoms with Gasteiger partial charge in [-0.05, 0) is 30.2 Å². The lowest BCUT2D eigenvalue weighted by Gasteiger charge is -2.15. The third-order valence-electron chi connectivity index (χ3n) is 3.12. The molecule has 5 nitrogen and oxygen atoms in total. The Labute approximate surface area is 126 Å².